The molecule has 0 bridgehead atoms. The van der Waals surface area contributed by atoms with Crippen LogP contribution in [0.5, 0.6) is 0 Å². The highest BCUT2D eigenvalue weighted by Gasteiger charge is 2.52. The van der Waals surface area contributed by atoms with Gasteiger partial charge in [0.1, 0.15) is 0 Å². The molecular formula is C15H18N4O2. The summed E-state index contributed by atoms with van der Waals surface area (Å²) in [6.45, 7) is 1.91. The van der Waals surface area contributed by atoms with Crippen molar-refractivity contribution in [2.24, 2.45) is 5.73 Å². The summed E-state index contributed by atoms with van der Waals surface area (Å²) in [6.07, 6.45) is 2.05. The zero-order valence-corrected chi connectivity index (χ0v) is 11.8. The van der Waals surface area contributed by atoms with E-state index in [1.54, 1.807) is 6.07 Å². The summed E-state index contributed by atoms with van der Waals surface area (Å²) >= 11 is 0. The number of guanidine groups is 1. The molecule has 2 aliphatic rings. The fourth-order valence-electron chi connectivity index (χ4n) is 3.21. The van der Waals surface area contributed by atoms with Crippen LogP contribution in [-0.2, 0) is 10.3 Å². The molecule has 1 aliphatic heterocycles. The summed E-state index contributed by atoms with van der Waals surface area (Å²) < 4.78 is 0. The van der Waals surface area contributed by atoms with Gasteiger partial charge in [-0.15, -0.1) is 0 Å². The van der Waals surface area contributed by atoms with Crippen LogP contribution < -0.4 is 11.1 Å². The van der Waals surface area contributed by atoms with Crippen LogP contribution >= 0.6 is 0 Å². The van der Waals surface area contributed by atoms with Crippen LogP contribution in [0.2, 0.25) is 0 Å². The Labute approximate surface area is 122 Å². The number of hydrogen-bond donors (Lipinski definition) is 3. The Morgan fingerprint density at radius 1 is 1.48 bits per heavy atom. The van der Waals surface area contributed by atoms with E-state index in [1.165, 1.54) is 0 Å². The number of nitrogens with one attached hydrogen (secondary N) is 2. The number of benzene rings is 1. The summed E-state index contributed by atoms with van der Waals surface area (Å²) in [5, 5.41) is 9.46. The third kappa shape index (κ3) is 2.16. The highest BCUT2D eigenvalue weighted by molar-refractivity contribution is 6.02. The topological polar surface area (TPSA) is 99.3 Å². The predicted octanol–water partition coefficient (Wildman–Crippen LogP) is 0.920. The molecule has 0 saturated heterocycles. The second kappa shape index (κ2) is 4.58. The SMILES string of the molecule is CC1(CC(=O)NC(=N)N)c2ccccc2C(=O)N1C1CC1. The third-order valence-electron chi connectivity index (χ3n) is 4.18. The van der Waals surface area contributed by atoms with E-state index < -0.39 is 5.54 Å². The highest BCUT2D eigenvalue weighted by atomic mass is 16.2. The quantitative estimate of drug-likeness (QED) is 0.569. The van der Waals surface area contributed by atoms with Crippen molar-refractivity contribution in [3.05, 3.63) is 35.4 Å². The molecule has 4 N–H and O–H groups in total. The molecule has 0 radical (unpaired) electrons. The fourth-order valence-corrected chi connectivity index (χ4v) is 3.21. The molecule has 1 saturated carbocycles. The Morgan fingerprint density at radius 2 is 2.14 bits per heavy atom. The second-order valence-corrected chi connectivity index (χ2v) is 5.86. The first-order valence-corrected chi connectivity index (χ1v) is 7.00. The predicted molar refractivity (Wildman–Crippen MR) is 77.7 cm³/mol. The molecule has 6 nitrogen and oxygen atoms in total. The third-order valence-corrected chi connectivity index (χ3v) is 4.18. The van der Waals surface area contributed by atoms with E-state index in [9.17, 15) is 9.59 Å². The molecule has 0 spiro atoms. The number of fused-ring (bicyclic) bond motifs is 1. The Bertz CT molecular complexity index is 638. The first kappa shape index (κ1) is 13.6. The number of amides is 2. The smallest absolute Gasteiger partial charge is 0.255 e. The number of hydrogen-bond acceptors (Lipinski definition) is 3. The van der Waals surface area contributed by atoms with Crippen LogP contribution in [0.3, 0.4) is 0 Å². The van der Waals surface area contributed by atoms with Crippen LogP contribution in [0, 0.1) is 5.41 Å². The minimum absolute atomic E-state index is 0.00812. The van der Waals surface area contributed by atoms with Crippen LogP contribution in [0.4, 0.5) is 0 Å². The number of carbonyl (C=O) groups is 2. The molecule has 1 unspecified atom stereocenters. The normalized spacial score (nSPS) is 23.9. The average Bonchev–Trinajstić information content (AvgIpc) is 3.19. The van der Waals surface area contributed by atoms with Gasteiger partial charge in [0, 0.05) is 11.6 Å². The number of rotatable bonds is 3. The maximum atomic E-state index is 12.6. The van der Waals surface area contributed by atoms with Gasteiger partial charge >= 0.3 is 0 Å². The van der Waals surface area contributed by atoms with Crippen LogP contribution in [0.15, 0.2) is 24.3 Å². The van der Waals surface area contributed by atoms with Crippen molar-refractivity contribution in [3.63, 3.8) is 0 Å². The minimum Gasteiger partial charge on any atom is -0.370 e. The summed E-state index contributed by atoms with van der Waals surface area (Å²) in [5.74, 6) is -0.731. The van der Waals surface area contributed by atoms with Gasteiger partial charge in [-0.05, 0) is 31.4 Å². The Morgan fingerprint density at radius 3 is 2.76 bits per heavy atom. The standard InChI is InChI=1S/C15H18N4O2/c1-15(8-12(20)18-14(16)17)11-5-3-2-4-10(11)13(21)19(15)9-6-7-9/h2-5,9H,6-8H2,1H3,(H4,16,17,18,20). The van der Waals surface area contributed by atoms with Gasteiger partial charge in [0.15, 0.2) is 5.96 Å². The second-order valence-electron chi connectivity index (χ2n) is 5.86. The van der Waals surface area contributed by atoms with Gasteiger partial charge in [-0.2, -0.15) is 0 Å². The Balaban J connectivity index is 1.98. The molecule has 1 aromatic rings. The lowest BCUT2D eigenvalue weighted by Gasteiger charge is -2.36. The van der Waals surface area contributed by atoms with Crippen LogP contribution in [0.25, 0.3) is 0 Å². The van der Waals surface area contributed by atoms with Crippen molar-refractivity contribution in [1.29, 1.82) is 5.41 Å². The van der Waals surface area contributed by atoms with Gasteiger partial charge in [0.25, 0.3) is 5.91 Å². The molecule has 21 heavy (non-hydrogen) atoms. The van der Waals surface area contributed by atoms with Gasteiger partial charge in [0.2, 0.25) is 5.91 Å². The minimum atomic E-state index is -0.672. The molecular weight excluding hydrogens is 268 g/mol. The molecule has 3 rings (SSSR count). The van der Waals surface area contributed by atoms with Crippen LogP contribution in [-0.4, -0.2) is 28.7 Å². The first-order chi connectivity index (χ1) is 9.93. The monoisotopic (exact) mass is 286 g/mol. The average molecular weight is 286 g/mol. The van der Waals surface area contributed by atoms with E-state index in [0.29, 0.717) is 5.56 Å². The molecule has 2 amide bonds. The Kier molecular flexibility index (Phi) is 2.97. The molecule has 110 valence electrons. The lowest BCUT2D eigenvalue weighted by molar-refractivity contribution is -0.122. The molecule has 0 aromatic heterocycles. The zero-order chi connectivity index (χ0) is 15.2. The van der Waals surface area contributed by atoms with Crippen LogP contribution in [0.1, 0.15) is 42.1 Å². The molecule has 1 fully saturated rings. The first-order valence-electron chi connectivity index (χ1n) is 7.00. The van der Waals surface area contributed by atoms with Gasteiger partial charge in [0.05, 0.1) is 12.0 Å². The maximum absolute atomic E-state index is 12.6. The van der Waals surface area contributed by atoms with E-state index in [0.717, 1.165) is 18.4 Å². The number of carbonyl (C=O) groups excluding carboxylic acids is 2. The summed E-state index contributed by atoms with van der Waals surface area (Å²) in [5.41, 5.74) is 6.08. The highest BCUT2D eigenvalue weighted by Crippen LogP contribution is 2.47. The molecule has 1 atom stereocenters. The van der Waals surface area contributed by atoms with Crippen molar-refractivity contribution in [2.45, 2.75) is 37.8 Å². The van der Waals surface area contributed by atoms with E-state index in [-0.39, 0.29) is 30.2 Å². The largest absolute Gasteiger partial charge is 0.370 e. The van der Waals surface area contributed by atoms with Crippen molar-refractivity contribution < 1.29 is 9.59 Å². The lowest BCUT2D eigenvalue weighted by atomic mass is 9.88. The number of nitrogens with two attached hydrogens (primary N) is 1. The van der Waals surface area contributed by atoms with Crippen molar-refractivity contribution >= 4 is 17.8 Å². The molecule has 1 aliphatic carbocycles. The molecule has 1 heterocycles. The van der Waals surface area contributed by atoms with Crippen molar-refractivity contribution in [1.82, 2.24) is 10.2 Å². The Hall–Kier alpha value is -2.37. The van der Waals surface area contributed by atoms with E-state index in [4.69, 9.17) is 11.1 Å². The zero-order valence-electron chi connectivity index (χ0n) is 11.8. The van der Waals surface area contributed by atoms with Gasteiger partial charge in [-0.25, -0.2) is 0 Å². The molecule has 1 aromatic carbocycles. The summed E-state index contributed by atoms with van der Waals surface area (Å²) in [6, 6.07) is 7.63. The van der Waals surface area contributed by atoms with Gasteiger partial charge in [-0.3, -0.25) is 20.3 Å². The van der Waals surface area contributed by atoms with E-state index in [1.807, 2.05) is 30.0 Å². The number of nitrogens with zero attached hydrogens (tertiary/aromatic N) is 1. The fraction of sp³-hybridized carbons (Fsp3) is 0.400. The van der Waals surface area contributed by atoms with Crippen molar-refractivity contribution in [2.75, 3.05) is 0 Å². The van der Waals surface area contributed by atoms with Gasteiger partial charge < -0.3 is 10.6 Å². The summed E-state index contributed by atoms with van der Waals surface area (Å²) in [4.78, 5) is 26.5. The van der Waals surface area contributed by atoms with E-state index >= 15 is 0 Å². The van der Waals surface area contributed by atoms with Crippen molar-refractivity contribution in [3.8, 4) is 0 Å². The summed E-state index contributed by atoms with van der Waals surface area (Å²) in [7, 11) is 0. The van der Waals surface area contributed by atoms with Gasteiger partial charge in [-0.1, -0.05) is 18.2 Å². The maximum Gasteiger partial charge on any atom is 0.255 e. The molecule has 6 heteroatoms. The van der Waals surface area contributed by atoms with E-state index in [2.05, 4.69) is 5.32 Å². The lowest BCUT2D eigenvalue weighted by Crippen LogP contribution is -2.47.